The molecular weight excluding hydrogens is 950 g/mol. The van der Waals surface area contributed by atoms with Crippen molar-refractivity contribution in [1.82, 2.24) is 14.5 Å². The average molecular weight is 1020 g/mol. The first-order valence-electron chi connectivity index (χ1n) is 24.1. The third-order valence-corrected chi connectivity index (χ3v) is 11.6. The number of hydrogen-bond acceptors (Lipinski definition) is 3. The maximum Gasteiger partial charge on any atom is 0.148 e. The number of benzene rings is 6. The number of aromatic hydroxyl groups is 1. The zero-order chi connectivity index (χ0) is 48.5. The summed E-state index contributed by atoms with van der Waals surface area (Å²) in [5, 5.41) is 12.5. The number of fused-ring (bicyclic) bond motifs is 1. The van der Waals surface area contributed by atoms with Crippen LogP contribution in [0.4, 0.5) is 0 Å². The molecule has 0 amide bonds. The molecule has 6 aromatic carbocycles. The van der Waals surface area contributed by atoms with E-state index in [9.17, 15) is 5.11 Å². The van der Waals surface area contributed by atoms with Gasteiger partial charge in [-0.25, -0.2) is 4.98 Å². The maximum atomic E-state index is 12.5. The van der Waals surface area contributed by atoms with E-state index >= 15 is 0 Å². The van der Waals surface area contributed by atoms with E-state index in [1.165, 1.54) is 11.1 Å². The van der Waals surface area contributed by atoms with Crippen LogP contribution in [0, 0.1) is 12.0 Å². The standard InChI is InChI=1S/C58H60N3O.Pt/c1-37(2)29-41-33-46(25-26-47(41)39-21-16-13-17-22-39)61-52-24-18-23-48(53(52)60-55(61)49-35-45(57(6,7)8)36-50(54(49)62)58(9,10)11)42-30-43(32-44(31-42)56(3,4)5)51-34-40(27-28-59-51)38-19-14-12-15-20-38;/h12-28,31-37,62H,29H2,1-11H3;/q-1;/i12D,14D,15D,19D,20D;. The van der Waals surface area contributed by atoms with Gasteiger partial charge in [-0.15, -0.1) is 29.3 Å². The molecule has 8 aromatic rings. The molecule has 1 N–H and O–H groups in total. The smallest absolute Gasteiger partial charge is 0.148 e. The SMILES string of the molecule is [2H]c1c([2H])c([2H])c(-c2ccnc(-c3[c-]c(-c4cccc5c4nc(-c4cc(C(C)(C)C)cc(C(C)(C)C)c4O)n5-c4ccc(-c5ccccc5)c(CC(C)C)c4)cc(C(C)(C)C)c3)c2)c([2H])c1[2H].[Pt]. The summed E-state index contributed by atoms with van der Waals surface area (Å²) < 4.78 is 44.4. The van der Waals surface area contributed by atoms with Crippen molar-refractivity contribution in [3.63, 3.8) is 0 Å². The summed E-state index contributed by atoms with van der Waals surface area (Å²) in [7, 11) is 0. The van der Waals surface area contributed by atoms with Crippen LogP contribution in [0.3, 0.4) is 0 Å². The second-order valence-corrected chi connectivity index (χ2v) is 20.0. The fourth-order valence-electron chi connectivity index (χ4n) is 8.21. The van der Waals surface area contributed by atoms with Gasteiger partial charge in [0.05, 0.1) is 23.5 Å². The largest absolute Gasteiger partial charge is 0.507 e. The molecule has 0 atom stereocenters. The molecule has 0 aliphatic carbocycles. The Kier molecular flexibility index (Phi) is 10.9. The Hall–Kier alpha value is -5.57. The molecule has 0 radical (unpaired) electrons. The average Bonchev–Trinajstić information content (AvgIpc) is 3.66. The molecule has 2 heterocycles. The van der Waals surface area contributed by atoms with Gasteiger partial charge in [0.1, 0.15) is 11.6 Å². The number of pyridine rings is 1. The Balaban J connectivity index is 0.00000684. The third kappa shape index (κ3) is 9.39. The van der Waals surface area contributed by atoms with Gasteiger partial charge in [-0.2, -0.15) is 0 Å². The van der Waals surface area contributed by atoms with Gasteiger partial charge in [0.15, 0.2) is 0 Å². The van der Waals surface area contributed by atoms with Crippen molar-refractivity contribution in [3.8, 4) is 67.5 Å². The molecule has 8 rings (SSSR count). The molecule has 0 aliphatic rings. The van der Waals surface area contributed by atoms with Gasteiger partial charge < -0.3 is 5.11 Å². The number of aromatic nitrogens is 3. The zero-order valence-electron chi connectivity index (χ0n) is 43.3. The predicted octanol–water partition coefficient (Wildman–Crippen LogP) is 15.3. The first kappa shape index (κ1) is 39.1. The van der Waals surface area contributed by atoms with Gasteiger partial charge >= 0.3 is 0 Å². The molecule has 4 nitrogen and oxygen atoms in total. The van der Waals surface area contributed by atoms with Crippen molar-refractivity contribution in [2.45, 2.75) is 98.8 Å². The monoisotopic (exact) mass is 1010 g/mol. The number of phenols is 1. The summed E-state index contributed by atoms with van der Waals surface area (Å²) in [6.07, 6.45) is 2.48. The summed E-state index contributed by atoms with van der Waals surface area (Å²) in [5.74, 6) is 1.23. The Labute approximate surface area is 396 Å². The summed E-state index contributed by atoms with van der Waals surface area (Å²) in [4.78, 5) is 10.3. The van der Waals surface area contributed by atoms with Gasteiger partial charge in [0.25, 0.3) is 0 Å². The Bertz CT molecular complexity index is 3180. The molecule has 0 saturated heterocycles. The van der Waals surface area contributed by atoms with E-state index in [-0.39, 0.29) is 72.8 Å². The van der Waals surface area contributed by atoms with E-state index < -0.39 is 6.04 Å². The number of rotatable bonds is 8. The minimum Gasteiger partial charge on any atom is -0.507 e. The van der Waals surface area contributed by atoms with Crippen molar-refractivity contribution in [2.24, 2.45) is 5.92 Å². The van der Waals surface area contributed by atoms with Crippen LogP contribution in [0.15, 0.2) is 140 Å². The first-order valence-corrected chi connectivity index (χ1v) is 21.6. The van der Waals surface area contributed by atoms with E-state index in [0.717, 1.165) is 56.5 Å². The summed E-state index contributed by atoms with van der Waals surface area (Å²) >= 11 is 0. The molecule has 0 saturated carbocycles. The van der Waals surface area contributed by atoms with Gasteiger partial charge in [-0.05, 0) is 92.3 Å². The number of para-hydroxylation sites is 1. The number of phenolic OH excluding ortho intramolecular Hbond substituents is 1. The minimum absolute atomic E-state index is 0. The Morgan fingerprint density at radius 3 is 2.00 bits per heavy atom. The quantitative estimate of drug-likeness (QED) is 0.154. The topological polar surface area (TPSA) is 50.9 Å². The fourth-order valence-corrected chi connectivity index (χ4v) is 8.21. The maximum absolute atomic E-state index is 12.5. The van der Waals surface area contributed by atoms with E-state index in [2.05, 4.69) is 166 Å². The second-order valence-electron chi connectivity index (χ2n) is 20.0. The summed E-state index contributed by atoms with van der Waals surface area (Å²) in [5.41, 5.74) is 12.3. The van der Waals surface area contributed by atoms with Crippen molar-refractivity contribution in [1.29, 1.82) is 0 Å². The van der Waals surface area contributed by atoms with Gasteiger partial charge in [0.2, 0.25) is 0 Å². The number of hydrogen-bond donors (Lipinski definition) is 1. The van der Waals surface area contributed by atoms with Crippen LogP contribution in [0.2, 0.25) is 0 Å². The molecule has 0 spiro atoms. The Morgan fingerprint density at radius 1 is 0.651 bits per heavy atom. The van der Waals surface area contributed by atoms with Crippen LogP contribution in [-0.4, -0.2) is 19.6 Å². The van der Waals surface area contributed by atoms with Crippen molar-refractivity contribution in [3.05, 3.63) is 168 Å². The summed E-state index contributed by atoms with van der Waals surface area (Å²) in [6.45, 7) is 23.9. The van der Waals surface area contributed by atoms with E-state index in [4.69, 9.17) is 16.8 Å². The molecule has 5 heteroatoms. The van der Waals surface area contributed by atoms with Gasteiger partial charge in [-0.3, -0.25) is 9.55 Å². The van der Waals surface area contributed by atoms with Crippen LogP contribution in [0.1, 0.15) is 105 Å². The Morgan fingerprint density at radius 2 is 1.33 bits per heavy atom. The van der Waals surface area contributed by atoms with E-state index in [1.807, 2.05) is 12.1 Å². The first-order chi connectivity index (χ1) is 31.4. The van der Waals surface area contributed by atoms with E-state index in [1.54, 1.807) is 18.3 Å². The summed E-state index contributed by atoms with van der Waals surface area (Å²) in [6, 6.07) is 37.2. The zero-order valence-corrected chi connectivity index (χ0v) is 40.6. The van der Waals surface area contributed by atoms with Crippen molar-refractivity contribution >= 4 is 11.0 Å². The fraction of sp³-hybridized carbons (Fsp3) is 0.276. The molecule has 0 unspecified atom stereocenters. The van der Waals surface area contributed by atoms with Gasteiger partial charge in [0, 0.05) is 44.2 Å². The molecule has 0 fully saturated rings. The molecule has 2 aromatic heterocycles. The van der Waals surface area contributed by atoms with Crippen LogP contribution in [0.25, 0.3) is 72.7 Å². The molecule has 0 bridgehead atoms. The van der Waals surface area contributed by atoms with Crippen LogP contribution in [0.5, 0.6) is 5.75 Å². The van der Waals surface area contributed by atoms with Crippen LogP contribution < -0.4 is 0 Å². The third-order valence-electron chi connectivity index (χ3n) is 11.6. The predicted molar refractivity (Wildman–Crippen MR) is 261 cm³/mol. The van der Waals surface area contributed by atoms with Crippen LogP contribution in [-0.2, 0) is 43.7 Å². The number of nitrogens with zero attached hydrogens (tertiary/aromatic N) is 3. The normalized spacial score (nSPS) is 13.3. The number of imidazole rings is 1. The molecular formula is C58H60N3OPt-. The van der Waals surface area contributed by atoms with Crippen molar-refractivity contribution in [2.75, 3.05) is 0 Å². The molecule has 0 aliphatic heterocycles. The minimum atomic E-state index is -0.435. The van der Waals surface area contributed by atoms with E-state index in [0.29, 0.717) is 34.1 Å². The van der Waals surface area contributed by atoms with Crippen molar-refractivity contribution < 1.29 is 33.0 Å². The molecule has 324 valence electrons. The van der Waals surface area contributed by atoms with Crippen LogP contribution >= 0.6 is 0 Å². The second kappa shape index (κ2) is 17.5. The molecule has 63 heavy (non-hydrogen) atoms. The van der Waals surface area contributed by atoms with Gasteiger partial charge in [-0.1, -0.05) is 178 Å².